The Bertz CT molecular complexity index is 851. The zero-order valence-electron chi connectivity index (χ0n) is 17.7. The average Bonchev–Trinajstić information content (AvgIpc) is 2.67. The van der Waals surface area contributed by atoms with E-state index in [0.717, 1.165) is 10.5 Å². The SMILES string of the molecule is CC[C@@H](C(=O)NC(C)(C)C)N(Cc1ccc(F)cc1)C(=O)CSc1ccc(Cl)cc1. The van der Waals surface area contributed by atoms with Crippen molar-refractivity contribution in [1.82, 2.24) is 10.2 Å². The molecular weight excluding hydrogens is 423 g/mol. The van der Waals surface area contributed by atoms with Gasteiger partial charge in [0.15, 0.2) is 0 Å². The molecule has 7 heteroatoms. The molecule has 0 spiro atoms. The van der Waals surface area contributed by atoms with Gasteiger partial charge in [0, 0.05) is 22.0 Å². The van der Waals surface area contributed by atoms with Gasteiger partial charge in [-0.2, -0.15) is 0 Å². The van der Waals surface area contributed by atoms with E-state index in [1.165, 1.54) is 23.9 Å². The Hall–Kier alpha value is -2.05. The molecule has 0 saturated carbocycles. The zero-order chi connectivity index (χ0) is 22.3. The highest BCUT2D eigenvalue weighted by molar-refractivity contribution is 8.00. The average molecular weight is 451 g/mol. The topological polar surface area (TPSA) is 49.4 Å². The molecule has 2 aromatic rings. The molecule has 162 valence electrons. The third-order valence-electron chi connectivity index (χ3n) is 4.33. The van der Waals surface area contributed by atoms with Gasteiger partial charge < -0.3 is 10.2 Å². The number of nitrogens with one attached hydrogen (secondary N) is 1. The Morgan fingerprint density at radius 3 is 2.23 bits per heavy atom. The van der Waals surface area contributed by atoms with E-state index in [4.69, 9.17) is 11.6 Å². The van der Waals surface area contributed by atoms with Crippen molar-refractivity contribution in [2.24, 2.45) is 0 Å². The molecule has 0 aliphatic carbocycles. The van der Waals surface area contributed by atoms with Crippen LogP contribution in [-0.4, -0.2) is 34.0 Å². The third kappa shape index (κ3) is 7.65. The number of hydrogen-bond acceptors (Lipinski definition) is 3. The van der Waals surface area contributed by atoms with Crippen LogP contribution in [0.4, 0.5) is 4.39 Å². The summed E-state index contributed by atoms with van der Waals surface area (Å²) in [6, 6.07) is 12.6. The largest absolute Gasteiger partial charge is 0.350 e. The number of thioether (sulfide) groups is 1. The first-order chi connectivity index (χ1) is 14.1. The molecule has 4 nitrogen and oxygen atoms in total. The second-order valence-corrected chi connectivity index (χ2v) is 9.54. The molecule has 0 aromatic heterocycles. The van der Waals surface area contributed by atoms with Crippen molar-refractivity contribution in [2.45, 2.75) is 57.1 Å². The summed E-state index contributed by atoms with van der Waals surface area (Å²) >= 11 is 7.31. The Morgan fingerprint density at radius 2 is 1.70 bits per heavy atom. The minimum absolute atomic E-state index is 0.157. The van der Waals surface area contributed by atoms with Crippen LogP contribution in [0.2, 0.25) is 5.02 Å². The summed E-state index contributed by atoms with van der Waals surface area (Å²) in [5.41, 5.74) is 0.357. The fourth-order valence-corrected chi connectivity index (χ4v) is 3.83. The van der Waals surface area contributed by atoms with Crippen molar-refractivity contribution < 1.29 is 14.0 Å². The minimum atomic E-state index is -0.618. The predicted molar refractivity (Wildman–Crippen MR) is 121 cm³/mol. The van der Waals surface area contributed by atoms with Crippen LogP contribution >= 0.6 is 23.4 Å². The Morgan fingerprint density at radius 1 is 1.10 bits per heavy atom. The van der Waals surface area contributed by atoms with Crippen molar-refractivity contribution in [3.63, 3.8) is 0 Å². The number of carbonyl (C=O) groups excluding carboxylic acids is 2. The molecule has 0 aliphatic heterocycles. The molecule has 30 heavy (non-hydrogen) atoms. The predicted octanol–water partition coefficient (Wildman–Crippen LogP) is 5.29. The molecule has 2 rings (SSSR count). The summed E-state index contributed by atoms with van der Waals surface area (Å²) in [6.07, 6.45) is 0.473. The number of nitrogens with zero attached hydrogens (tertiary/aromatic N) is 1. The molecule has 0 unspecified atom stereocenters. The van der Waals surface area contributed by atoms with Crippen molar-refractivity contribution in [3.05, 3.63) is 64.9 Å². The summed E-state index contributed by atoms with van der Waals surface area (Å²) in [5, 5.41) is 3.60. The van der Waals surface area contributed by atoms with Crippen molar-refractivity contribution >= 4 is 35.2 Å². The van der Waals surface area contributed by atoms with Crippen LogP contribution in [0.3, 0.4) is 0 Å². The molecule has 0 aliphatic rings. The Labute approximate surface area is 187 Å². The summed E-state index contributed by atoms with van der Waals surface area (Å²) in [7, 11) is 0. The highest BCUT2D eigenvalue weighted by atomic mass is 35.5. The first kappa shape index (κ1) is 24.2. The minimum Gasteiger partial charge on any atom is -0.350 e. The molecule has 0 bridgehead atoms. The van der Waals surface area contributed by atoms with Gasteiger partial charge in [-0.1, -0.05) is 30.7 Å². The van der Waals surface area contributed by atoms with E-state index in [0.29, 0.717) is 11.4 Å². The van der Waals surface area contributed by atoms with E-state index in [1.807, 2.05) is 39.8 Å². The van der Waals surface area contributed by atoms with Crippen LogP contribution < -0.4 is 5.32 Å². The molecule has 1 atom stereocenters. The maximum absolute atomic E-state index is 13.3. The molecule has 0 fully saturated rings. The number of hydrogen-bond donors (Lipinski definition) is 1. The maximum Gasteiger partial charge on any atom is 0.243 e. The van der Waals surface area contributed by atoms with Crippen LogP contribution in [0.25, 0.3) is 0 Å². The lowest BCUT2D eigenvalue weighted by atomic mass is 10.1. The summed E-state index contributed by atoms with van der Waals surface area (Å²) in [6.45, 7) is 7.82. The van der Waals surface area contributed by atoms with Gasteiger partial charge >= 0.3 is 0 Å². The second kappa shape index (κ2) is 10.8. The quantitative estimate of drug-likeness (QED) is 0.555. The number of amides is 2. The maximum atomic E-state index is 13.3. The molecule has 2 amide bonds. The van der Waals surface area contributed by atoms with Gasteiger partial charge in [-0.25, -0.2) is 4.39 Å². The van der Waals surface area contributed by atoms with Crippen molar-refractivity contribution in [3.8, 4) is 0 Å². The normalized spacial score (nSPS) is 12.3. The monoisotopic (exact) mass is 450 g/mol. The third-order valence-corrected chi connectivity index (χ3v) is 5.58. The lowest BCUT2D eigenvalue weighted by Gasteiger charge is -2.33. The molecule has 0 saturated heterocycles. The smallest absolute Gasteiger partial charge is 0.243 e. The molecule has 0 heterocycles. The van der Waals surface area contributed by atoms with Gasteiger partial charge in [0.05, 0.1) is 5.75 Å². The highest BCUT2D eigenvalue weighted by Gasteiger charge is 2.30. The lowest BCUT2D eigenvalue weighted by Crippen LogP contribution is -2.53. The molecule has 0 radical (unpaired) electrons. The van der Waals surface area contributed by atoms with E-state index in [-0.39, 0.29) is 29.9 Å². The van der Waals surface area contributed by atoms with Crippen LogP contribution in [0.5, 0.6) is 0 Å². The van der Waals surface area contributed by atoms with Gasteiger partial charge in [0.2, 0.25) is 11.8 Å². The Kier molecular flexibility index (Phi) is 8.74. The van der Waals surface area contributed by atoms with E-state index in [2.05, 4.69) is 5.32 Å². The molecular formula is C23H28ClFN2O2S. The van der Waals surface area contributed by atoms with E-state index in [9.17, 15) is 14.0 Å². The highest BCUT2D eigenvalue weighted by Crippen LogP contribution is 2.22. The van der Waals surface area contributed by atoms with Crippen molar-refractivity contribution in [1.29, 1.82) is 0 Å². The lowest BCUT2D eigenvalue weighted by molar-refractivity contribution is -0.140. The number of carbonyl (C=O) groups is 2. The van der Waals surface area contributed by atoms with Crippen LogP contribution in [0.15, 0.2) is 53.4 Å². The summed E-state index contributed by atoms with van der Waals surface area (Å²) < 4.78 is 13.3. The van der Waals surface area contributed by atoms with Gasteiger partial charge in [0.25, 0.3) is 0 Å². The van der Waals surface area contributed by atoms with Crippen molar-refractivity contribution in [2.75, 3.05) is 5.75 Å². The molecule has 2 aromatic carbocycles. The first-order valence-corrected chi connectivity index (χ1v) is 11.2. The number of halogens is 2. The van der Waals surface area contributed by atoms with Gasteiger partial charge in [-0.3, -0.25) is 9.59 Å². The summed E-state index contributed by atoms with van der Waals surface area (Å²) in [5.74, 6) is -0.512. The molecule has 1 N–H and O–H groups in total. The first-order valence-electron chi connectivity index (χ1n) is 9.83. The fraction of sp³-hybridized carbons (Fsp3) is 0.391. The second-order valence-electron chi connectivity index (χ2n) is 8.05. The van der Waals surface area contributed by atoms with Gasteiger partial charge in [-0.05, 0) is 69.2 Å². The fourth-order valence-electron chi connectivity index (χ4n) is 2.92. The van der Waals surface area contributed by atoms with Crippen LogP contribution in [-0.2, 0) is 16.1 Å². The van der Waals surface area contributed by atoms with Crippen LogP contribution in [0.1, 0.15) is 39.7 Å². The number of benzene rings is 2. The Balaban J connectivity index is 2.21. The van der Waals surface area contributed by atoms with E-state index >= 15 is 0 Å². The standard InChI is InChI=1S/C23H28ClFN2O2S/c1-5-20(22(29)26-23(2,3)4)27(14-16-6-10-18(25)11-7-16)21(28)15-30-19-12-8-17(24)9-13-19/h6-13,20H,5,14-15H2,1-4H3,(H,26,29)/t20-/m0/s1. The van der Waals surface area contributed by atoms with Crippen LogP contribution in [0, 0.1) is 5.82 Å². The zero-order valence-corrected chi connectivity index (χ0v) is 19.3. The van der Waals surface area contributed by atoms with Gasteiger partial charge in [0.1, 0.15) is 11.9 Å². The van der Waals surface area contributed by atoms with Gasteiger partial charge in [-0.15, -0.1) is 11.8 Å². The van der Waals surface area contributed by atoms with E-state index in [1.54, 1.807) is 29.2 Å². The summed E-state index contributed by atoms with van der Waals surface area (Å²) in [4.78, 5) is 28.6. The number of rotatable bonds is 8. The van der Waals surface area contributed by atoms with E-state index < -0.39 is 11.6 Å².